The predicted octanol–water partition coefficient (Wildman–Crippen LogP) is 4.06. The molecule has 1 aliphatic heterocycles. The molecule has 0 radical (unpaired) electrons. The maximum Gasteiger partial charge on any atom is 0.125 e. The Labute approximate surface area is 140 Å². The number of benzene rings is 2. The maximum atomic E-state index is 6.08. The van der Waals surface area contributed by atoms with Crippen molar-refractivity contribution in [2.24, 2.45) is 0 Å². The van der Waals surface area contributed by atoms with Crippen molar-refractivity contribution in [2.45, 2.75) is 19.3 Å². The molecule has 0 aromatic heterocycles. The second-order valence-corrected chi connectivity index (χ2v) is 6.13. The maximum absolute atomic E-state index is 6.08. The number of ether oxygens (including phenoxy) is 2. The van der Waals surface area contributed by atoms with Crippen molar-refractivity contribution in [3.8, 4) is 5.75 Å². The van der Waals surface area contributed by atoms with E-state index in [4.69, 9.17) is 32.7 Å². The van der Waals surface area contributed by atoms with Crippen LogP contribution in [-0.2, 0) is 18.0 Å². The molecule has 0 atom stereocenters. The first kappa shape index (κ1) is 15.6. The number of hydrogen-bond acceptors (Lipinski definition) is 3. The standard InChI is InChI=1S/C17H17Cl2NO2/c18-14-3-1-2-12(6-14)10-22-17-5-4-15(19)7-13(17)11-21-16-8-20-9-16/h1-7,16,20H,8-11H2. The summed E-state index contributed by atoms with van der Waals surface area (Å²) in [5, 5.41) is 4.57. The first-order valence-electron chi connectivity index (χ1n) is 7.19. The van der Waals surface area contributed by atoms with Crippen LogP contribution in [0.25, 0.3) is 0 Å². The predicted molar refractivity (Wildman–Crippen MR) is 88.7 cm³/mol. The average Bonchev–Trinajstić information content (AvgIpc) is 2.45. The minimum Gasteiger partial charge on any atom is -0.489 e. The molecule has 0 bridgehead atoms. The Morgan fingerprint density at radius 2 is 1.82 bits per heavy atom. The summed E-state index contributed by atoms with van der Waals surface area (Å²) in [6, 6.07) is 13.2. The van der Waals surface area contributed by atoms with Crippen LogP contribution < -0.4 is 10.1 Å². The summed E-state index contributed by atoms with van der Waals surface area (Å²) in [5.41, 5.74) is 1.99. The molecular formula is C17H17Cl2NO2. The normalized spacial score (nSPS) is 14.6. The van der Waals surface area contributed by atoms with Gasteiger partial charge in [-0.1, -0.05) is 35.3 Å². The van der Waals surface area contributed by atoms with Crippen LogP contribution in [0.1, 0.15) is 11.1 Å². The molecule has 1 heterocycles. The third kappa shape index (κ3) is 4.14. The zero-order valence-electron chi connectivity index (χ0n) is 12.0. The van der Waals surface area contributed by atoms with Gasteiger partial charge in [-0.05, 0) is 35.9 Å². The Morgan fingerprint density at radius 3 is 2.55 bits per heavy atom. The van der Waals surface area contributed by atoms with Crippen LogP contribution in [0.15, 0.2) is 42.5 Å². The lowest BCUT2D eigenvalue weighted by Gasteiger charge is -2.27. The minimum atomic E-state index is 0.278. The van der Waals surface area contributed by atoms with E-state index in [-0.39, 0.29) is 6.10 Å². The van der Waals surface area contributed by atoms with Gasteiger partial charge < -0.3 is 14.8 Å². The highest BCUT2D eigenvalue weighted by Gasteiger charge is 2.18. The van der Waals surface area contributed by atoms with Gasteiger partial charge in [-0.3, -0.25) is 0 Å². The molecule has 3 nitrogen and oxygen atoms in total. The van der Waals surface area contributed by atoms with E-state index in [1.54, 1.807) is 0 Å². The number of hydrogen-bond donors (Lipinski definition) is 1. The van der Waals surface area contributed by atoms with Gasteiger partial charge in [0.15, 0.2) is 0 Å². The Morgan fingerprint density at radius 1 is 1.00 bits per heavy atom. The molecule has 3 rings (SSSR count). The van der Waals surface area contributed by atoms with Crippen LogP contribution in [-0.4, -0.2) is 19.2 Å². The molecule has 1 N–H and O–H groups in total. The van der Waals surface area contributed by atoms with Crippen molar-refractivity contribution in [3.05, 3.63) is 63.6 Å². The van der Waals surface area contributed by atoms with Crippen LogP contribution in [0.4, 0.5) is 0 Å². The smallest absolute Gasteiger partial charge is 0.125 e. The monoisotopic (exact) mass is 337 g/mol. The molecule has 2 aromatic carbocycles. The molecule has 22 heavy (non-hydrogen) atoms. The summed E-state index contributed by atoms with van der Waals surface area (Å²) < 4.78 is 11.7. The molecule has 0 amide bonds. The van der Waals surface area contributed by atoms with E-state index >= 15 is 0 Å². The van der Waals surface area contributed by atoms with Crippen molar-refractivity contribution in [2.75, 3.05) is 13.1 Å². The second kappa shape index (κ2) is 7.34. The van der Waals surface area contributed by atoms with Crippen LogP contribution in [0, 0.1) is 0 Å². The molecular weight excluding hydrogens is 321 g/mol. The lowest BCUT2D eigenvalue weighted by atomic mass is 10.2. The summed E-state index contributed by atoms with van der Waals surface area (Å²) in [6.07, 6.45) is 0.278. The molecule has 2 aromatic rings. The fraction of sp³-hybridized carbons (Fsp3) is 0.294. The van der Waals surface area contributed by atoms with Gasteiger partial charge in [-0.25, -0.2) is 0 Å². The van der Waals surface area contributed by atoms with Gasteiger partial charge in [-0.2, -0.15) is 0 Å². The quantitative estimate of drug-likeness (QED) is 0.862. The van der Waals surface area contributed by atoms with E-state index in [0.29, 0.717) is 23.3 Å². The Balaban J connectivity index is 1.66. The molecule has 0 saturated carbocycles. The number of nitrogens with one attached hydrogen (secondary N) is 1. The van der Waals surface area contributed by atoms with E-state index in [0.717, 1.165) is 30.0 Å². The first-order chi connectivity index (χ1) is 10.7. The van der Waals surface area contributed by atoms with Crippen LogP contribution >= 0.6 is 23.2 Å². The molecule has 5 heteroatoms. The molecule has 1 aliphatic rings. The SMILES string of the molecule is Clc1cccc(COc2ccc(Cl)cc2COC2CNC2)c1. The molecule has 1 fully saturated rings. The summed E-state index contributed by atoms with van der Waals surface area (Å²) in [6.45, 7) is 2.76. The molecule has 0 spiro atoms. The highest BCUT2D eigenvalue weighted by Crippen LogP contribution is 2.25. The van der Waals surface area contributed by atoms with Gasteiger partial charge in [0.05, 0.1) is 12.7 Å². The fourth-order valence-electron chi connectivity index (χ4n) is 2.18. The van der Waals surface area contributed by atoms with Crippen LogP contribution in [0.2, 0.25) is 10.0 Å². The summed E-state index contributed by atoms with van der Waals surface area (Å²) in [5.74, 6) is 0.789. The van der Waals surface area contributed by atoms with Crippen molar-refractivity contribution >= 4 is 23.2 Å². The minimum absolute atomic E-state index is 0.278. The Hall–Kier alpha value is -1.26. The Bertz CT molecular complexity index is 644. The molecule has 0 unspecified atom stereocenters. The molecule has 1 saturated heterocycles. The highest BCUT2D eigenvalue weighted by atomic mass is 35.5. The summed E-state index contributed by atoms with van der Waals surface area (Å²) >= 11 is 12.1. The highest BCUT2D eigenvalue weighted by molar-refractivity contribution is 6.30. The van der Waals surface area contributed by atoms with E-state index in [1.807, 2.05) is 42.5 Å². The first-order valence-corrected chi connectivity index (χ1v) is 7.94. The third-order valence-corrected chi connectivity index (χ3v) is 3.99. The fourth-order valence-corrected chi connectivity index (χ4v) is 2.58. The van der Waals surface area contributed by atoms with E-state index < -0.39 is 0 Å². The third-order valence-electron chi connectivity index (χ3n) is 3.52. The lowest BCUT2D eigenvalue weighted by Crippen LogP contribution is -2.48. The molecule has 116 valence electrons. The van der Waals surface area contributed by atoms with Gasteiger partial charge in [0, 0.05) is 28.7 Å². The zero-order chi connectivity index (χ0) is 15.4. The lowest BCUT2D eigenvalue weighted by molar-refractivity contribution is 0.00656. The van der Waals surface area contributed by atoms with Crippen LogP contribution in [0.5, 0.6) is 5.75 Å². The van der Waals surface area contributed by atoms with Gasteiger partial charge in [0.25, 0.3) is 0 Å². The van der Waals surface area contributed by atoms with Crippen molar-refractivity contribution < 1.29 is 9.47 Å². The van der Waals surface area contributed by atoms with Gasteiger partial charge in [0.1, 0.15) is 12.4 Å². The summed E-state index contributed by atoms with van der Waals surface area (Å²) in [7, 11) is 0. The summed E-state index contributed by atoms with van der Waals surface area (Å²) in [4.78, 5) is 0. The second-order valence-electron chi connectivity index (χ2n) is 5.26. The van der Waals surface area contributed by atoms with E-state index in [9.17, 15) is 0 Å². The number of rotatable bonds is 6. The van der Waals surface area contributed by atoms with E-state index in [2.05, 4.69) is 5.32 Å². The van der Waals surface area contributed by atoms with Gasteiger partial charge >= 0.3 is 0 Å². The van der Waals surface area contributed by atoms with Gasteiger partial charge in [-0.15, -0.1) is 0 Å². The zero-order valence-corrected chi connectivity index (χ0v) is 13.5. The van der Waals surface area contributed by atoms with Crippen molar-refractivity contribution in [3.63, 3.8) is 0 Å². The number of halogens is 2. The van der Waals surface area contributed by atoms with Crippen molar-refractivity contribution in [1.82, 2.24) is 5.32 Å². The van der Waals surface area contributed by atoms with Crippen LogP contribution in [0.3, 0.4) is 0 Å². The van der Waals surface area contributed by atoms with Crippen molar-refractivity contribution in [1.29, 1.82) is 0 Å². The topological polar surface area (TPSA) is 30.5 Å². The van der Waals surface area contributed by atoms with Gasteiger partial charge in [0.2, 0.25) is 0 Å². The molecule has 0 aliphatic carbocycles. The average molecular weight is 338 g/mol. The van der Waals surface area contributed by atoms with E-state index in [1.165, 1.54) is 0 Å². The largest absolute Gasteiger partial charge is 0.489 e. The Kier molecular flexibility index (Phi) is 5.21.